The van der Waals surface area contributed by atoms with Gasteiger partial charge in [0.25, 0.3) is 0 Å². The van der Waals surface area contributed by atoms with E-state index in [2.05, 4.69) is 9.88 Å². The number of hydrogen-bond donors (Lipinski definition) is 2. The number of halogens is 3. The van der Waals surface area contributed by atoms with Gasteiger partial charge >= 0.3 is 6.18 Å². The number of alkyl halides is 3. The van der Waals surface area contributed by atoms with Crippen LogP contribution < -0.4 is 0 Å². The van der Waals surface area contributed by atoms with Crippen LogP contribution in [0.3, 0.4) is 0 Å². The summed E-state index contributed by atoms with van der Waals surface area (Å²) in [6.45, 7) is 4.66. The maximum absolute atomic E-state index is 12.8. The number of nitrogens with one attached hydrogen (secondary N) is 2. The Morgan fingerprint density at radius 3 is 2.58 bits per heavy atom. The first-order chi connectivity index (χ1) is 15.6. The maximum Gasteiger partial charge on any atom is 0.416 e. The highest BCUT2D eigenvalue weighted by atomic mass is 32.2. The first-order valence-electron chi connectivity index (χ1n) is 11.0. The number of aryl methyl sites for hydroxylation is 1. The second-order valence-electron chi connectivity index (χ2n) is 8.97. The lowest BCUT2D eigenvalue weighted by atomic mass is 9.94. The van der Waals surface area contributed by atoms with Gasteiger partial charge in [0.2, 0.25) is 0 Å². The van der Waals surface area contributed by atoms with Crippen molar-refractivity contribution < 1.29 is 13.2 Å². The molecule has 2 fully saturated rings. The number of amidine groups is 2. The number of nitrogens with zero attached hydrogens (tertiary/aromatic N) is 3. The average Bonchev–Trinajstić information content (AvgIpc) is 3.37. The molecule has 0 spiro atoms. The molecule has 1 aliphatic heterocycles. The van der Waals surface area contributed by atoms with Crippen molar-refractivity contribution in [2.75, 3.05) is 32.4 Å². The Balaban J connectivity index is 1.22. The molecule has 33 heavy (non-hydrogen) atoms. The molecule has 0 amide bonds. The average molecular weight is 476 g/mol. The van der Waals surface area contributed by atoms with Crippen molar-refractivity contribution in [2.24, 2.45) is 5.92 Å². The fraction of sp³-hybridized carbons (Fsp3) is 0.458. The first kappa shape index (κ1) is 23.8. The van der Waals surface area contributed by atoms with E-state index >= 15 is 0 Å². The molecule has 0 unspecified atom stereocenters. The summed E-state index contributed by atoms with van der Waals surface area (Å²) in [5.41, 5.74) is 2.01. The normalized spacial score (nSPS) is 22.2. The van der Waals surface area contributed by atoms with Gasteiger partial charge in [-0.1, -0.05) is 23.9 Å². The van der Waals surface area contributed by atoms with E-state index in [-0.39, 0.29) is 11.3 Å². The molecular formula is C24H28F3N5S. The van der Waals surface area contributed by atoms with Gasteiger partial charge in [0.15, 0.2) is 5.17 Å². The van der Waals surface area contributed by atoms with E-state index in [0.29, 0.717) is 16.6 Å². The Morgan fingerprint density at radius 1 is 1.21 bits per heavy atom. The van der Waals surface area contributed by atoms with Crippen molar-refractivity contribution in [1.82, 2.24) is 14.8 Å². The quantitative estimate of drug-likeness (QED) is 0.351. The van der Waals surface area contributed by atoms with Crippen LogP contribution in [0.5, 0.6) is 0 Å². The molecule has 9 heteroatoms. The van der Waals surface area contributed by atoms with Crippen molar-refractivity contribution in [3.63, 3.8) is 0 Å². The second-order valence-corrected chi connectivity index (χ2v) is 10.1. The summed E-state index contributed by atoms with van der Waals surface area (Å²) in [6.07, 6.45) is -0.682. The van der Waals surface area contributed by atoms with Gasteiger partial charge in [-0.15, -0.1) is 0 Å². The van der Waals surface area contributed by atoms with Crippen molar-refractivity contribution in [1.29, 1.82) is 10.8 Å². The molecule has 176 valence electrons. The van der Waals surface area contributed by atoms with Crippen molar-refractivity contribution in [3.05, 3.63) is 65.0 Å². The number of pyridine rings is 1. The summed E-state index contributed by atoms with van der Waals surface area (Å²) < 4.78 is 38.5. The number of benzene rings is 1. The van der Waals surface area contributed by atoms with E-state index in [1.165, 1.54) is 23.9 Å². The fourth-order valence-corrected chi connectivity index (χ4v) is 5.40. The first-order valence-corrected chi connectivity index (χ1v) is 12.0. The zero-order valence-electron chi connectivity index (χ0n) is 18.7. The lowest BCUT2D eigenvalue weighted by Crippen LogP contribution is -2.31. The minimum atomic E-state index is -4.30. The zero-order chi connectivity index (χ0) is 23.8. The Morgan fingerprint density at radius 2 is 1.94 bits per heavy atom. The van der Waals surface area contributed by atoms with Gasteiger partial charge in [0.05, 0.1) is 5.56 Å². The third-order valence-electron chi connectivity index (χ3n) is 6.69. The van der Waals surface area contributed by atoms with Crippen molar-refractivity contribution >= 4 is 22.8 Å². The fourth-order valence-electron chi connectivity index (χ4n) is 4.65. The van der Waals surface area contributed by atoms with Crippen LogP contribution in [0.4, 0.5) is 13.2 Å². The topological polar surface area (TPSA) is 67.1 Å². The lowest BCUT2D eigenvalue weighted by Gasteiger charge is -2.22. The highest BCUT2D eigenvalue weighted by Crippen LogP contribution is 2.59. The van der Waals surface area contributed by atoms with Crippen molar-refractivity contribution in [2.45, 2.75) is 31.4 Å². The molecule has 2 aromatic rings. The second kappa shape index (κ2) is 9.10. The lowest BCUT2D eigenvalue weighted by molar-refractivity contribution is -0.137. The number of aromatic nitrogens is 1. The minimum absolute atomic E-state index is 0.0152. The third kappa shape index (κ3) is 5.09. The van der Waals surface area contributed by atoms with Gasteiger partial charge in [-0.25, -0.2) is 0 Å². The molecule has 2 atom stereocenters. The summed E-state index contributed by atoms with van der Waals surface area (Å²) in [5, 5.41) is 16.9. The van der Waals surface area contributed by atoms with Crippen LogP contribution >= 0.6 is 11.8 Å². The van der Waals surface area contributed by atoms with Crippen LogP contribution in [-0.4, -0.2) is 58.2 Å². The Kier molecular flexibility index (Phi) is 6.55. The zero-order valence-corrected chi connectivity index (χ0v) is 19.6. The minimum Gasteiger partial charge on any atom is -0.309 e. The van der Waals surface area contributed by atoms with E-state index in [9.17, 15) is 13.2 Å². The number of hydrogen-bond acceptors (Lipinski definition) is 5. The van der Waals surface area contributed by atoms with E-state index in [1.54, 1.807) is 30.3 Å². The molecule has 2 aliphatic rings. The largest absolute Gasteiger partial charge is 0.416 e. The number of piperidine rings is 1. The van der Waals surface area contributed by atoms with Gasteiger partial charge in [-0.3, -0.25) is 15.8 Å². The SMILES string of the molecule is Cc1ccc(C(=N)N(C)C(=N)SCCCN2C[C@@H]3C[C@]3(c3ccc(C(F)(F)F)cc3)C2)cn1. The molecule has 2 N–H and O–H groups in total. The molecule has 1 saturated carbocycles. The predicted octanol–water partition coefficient (Wildman–Crippen LogP) is 5.00. The van der Waals surface area contributed by atoms with Crippen LogP contribution in [0.25, 0.3) is 0 Å². The van der Waals surface area contributed by atoms with Crippen LogP contribution in [0, 0.1) is 23.7 Å². The van der Waals surface area contributed by atoms with E-state index < -0.39 is 11.7 Å². The van der Waals surface area contributed by atoms with Crippen LogP contribution in [0.1, 0.15) is 35.2 Å². The van der Waals surface area contributed by atoms with Gasteiger partial charge in [-0.05, 0) is 62.1 Å². The van der Waals surface area contributed by atoms with E-state index in [4.69, 9.17) is 10.8 Å². The highest BCUT2D eigenvalue weighted by molar-refractivity contribution is 8.13. The van der Waals surface area contributed by atoms with Gasteiger partial charge < -0.3 is 9.80 Å². The maximum atomic E-state index is 12.8. The smallest absolute Gasteiger partial charge is 0.309 e. The highest BCUT2D eigenvalue weighted by Gasteiger charge is 2.60. The molecule has 0 bridgehead atoms. The molecule has 4 rings (SSSR count). The van der Waals surface area contributed by atoms with Crippen molar-refractivity contribution in [3.8, 4) is 0 Å². The molecule has 1 aliphatic carbocycles. The van der Waals surface area contributed by atoms with Gasteiger partial charge in [0, 0.05) is 48.8 Å². The van der Waals surface area contributed by atoms with Crippen LogP contribution in [0.15, 0.2) is 42.6 Å². The molecular weight excluding hydrogens is 447 g/mol. The number of likely N-dealkylation sites (tertiary alicyclic amines) is 1. The summed E-state index contributed by atoms with van der Waals surface area (Å²) >= 11 is 1.42. The summed E-state index contributed by atoms with van der Waals surface area (Å²) in [7, 11) is 1.72. The summed E-state index contributed by atoms with van der Waals surface area (Å²) in [6, 6.07) is 9.39. The molecule has 1 saturated heterocycles. The molecule has 5 nitrogen and oxygen atoms in total. The molecule has 0 radical (unpaired) electrons. The molecule has 1 aromatic carbocycles. The van der Waals surface area contributed by atoms with Crippen LogP contribution in [0.2, 0.25) is 0 Å². The van der Waals surface area contributed by atoms with E-state index in [0.717, 1.165) is 49.5 Å². The standard InChI is InChI=1S/C24H28F3N5S/c1-16-4-5-17(13-30-16)21(28)31(2)22(29)33-11-3-10-32-14-20-12-23(20,15-32)18-6-8-19(9-7-18)24(25,26)27/h4-9,13,20,28-29H,3,10-12,14-15H2,1-2H3/t20-,23+/m0/s1. The third-order valence-corrected chi connectivity index (χ3v) is 7.73. The number of rotatable bonds is 6. The number of fused-ring (bicyclic) bond motifs is 1. The summed E-state index contributed by atoms with van der Waals surface area (Å²) in [5.74, 6) is 1.55. The van der Waals surface area contributed by atoms with E-state index in [1.807, 2.05) is 19.1 Å². The van der Waals surface area contributed by atoms with Crippen LogP contribution in [-0.2, 0) is 11.6 Å². The van der Waals surface area contributed by atoms with Gasteiger partial charge in [-0.2, -0.15) is 13.2 Å². The Labute approximate surface area is 196 Å². The predicted molar refractivity (Wildman–Crippen MR) is 126 cm³/mol. The Hall–Kier alpha value is -2.39. The molecule has 2 heterocycles. The monoisotopic (exact) mass is 475 g/mol. The van der Waals surface area contributed by atoms with Gasteiger partial charge in [0.1, 0.15) is 5.84 Å². The Bertz CT molecular complexity index is 1020. The summed E-state index contributed by atoms with van der Waals surface area (Å²) in [4.78, 5) is 8.16. The molecule has 1 aromatic heterocycles. The number of thioether (sulfide) groups is 1.